The number of ether oxygens (including phenoxy) is 8. The zero-order chi connectivity index (χ0) is 37.1. The van der Waals surface area contributed by atoms with Crippen LogP contribution in [0.1, 0.15) is 25.7 Å². The monoisotopic (exact) mass is 692 g/mol. The number of esters is 7. The standard InChI is InChI=1S/C34H44O15/c1-7-26(35)43-17-15-13-14-16-32(41)49-25-34(23-47-30(39)11-5,24-48-31(40)12-6)19-42-18-33(20-44-27(36)8-2,21-45-28(37)9-3)22-46-29(38)10-4/h7-12H,1-6,13-25H2. The van der Waals surface area contributed by atoms with Crippen molar-refractivity contribution in [1.82, 2.24) is 0 Å². The molecule has 15 nitrogen and oxygen atoms in total. The Morgan fingerprint density at radius 2 is 0.694 bits per heavy atom. The minimum absolute atomic E-state index is 0.0215. The van der Waals surface area contributed by atoms with E-state index in [2.05, 4.69) is 39.5 Å². The maximum Gasteiger partial charge on any atom is 0.330 e. The zero-order valence-electron chi connectivity index (χ0n) is 27.5. The summed E-state index contributed by atoms with van der Waals surface area (Å²) in [7, 11) is 0. The Kier molecular flexibility index (Phi) is 22.1. The van der Waals surface area contributed by atoms with Gasteiger partial charge in [0.1, 0.15) is 39.6 Å². The Balaban J connectivity index is 6.16. The van der Waals surface area contributed by atoms with Crippen molar-refractivity contribution in [3.05, 3.63) is 75.9 Å². The van der Waals surface area contributed by atoms with Crippen molar-refractivity contribution < 1.29 is 71.5 Å². The summed E-state index contributed by atoms with van der Waals surface area (Å²) in [6, 6.07) is 0. The second-order valence-corrected chi connectivity index (χ2v) is 10.4. The number of unbranched alkanes of at least 4 members (excludes halogenated alkanes) is 2. The summed E-state index contributed by atoms with van der Waals surface area (Å²) < 4.78 is 42.3. The average molecular weight is 693 g/mol. The van der Waals surface area contributed by atoms with Crippen LogP contribution in [-0.2, 0) is 71.5 Å². The SMILES string of the molecule is C=CC(=O)OCCCCCC(=O)OCC(COCC(COC(=O)C=C)(COC(=O)C=C)COC(=O)C=C)(COC(=O)C=C)COC(=O)C=C. The van der Waals surface area contributed by atoms with Crippen LogP contribution in [0.5, 0.6) is 0 Å². The maximum atomic E-state index is 12.7. The van der Waals surface area contributed by atoms with E-state index in [0.717, 1.165) is 36.5 Å². The van der Waals surface area contributed by atoms with Gasteiger partial charge in [0.2, 0.25) is 0 Å². The highest BCUT2D eigenvalue weighted by Crippen LogP contribution is 2.26. The summed E-state index contributed by atoms with van der Waals surface area (Å²) >= 11 is 0. The molecule has 0 aromatic heterocycles. The summed E-state index contributed by atoms with van der Waals surface area (Å²) in [5, 5.41) is 0. The van der Waals surface area contributed by atoms with Crippen molar-refractivity contribution in [3.63, 3.8) is 0 Å². The van der Waals surface area contributed by atoms with Gasteiger partial charge in [-0.2, -0.15) is 0 Å². The summed E-state index contributed by atoms with van der Waals surface area (Å²) in [6.07, 6.45) is 6.87. The van der Waals surface area contributed by atoms with Gasteiger partial charge in [0.25, 0.3) is 0 Å². The lowest BCUT2D eigenvalue weighted by atomic mass is 9.90. The van der Waals surface area contributed by atoms with E-state index in [9.17, 15) is 33.6 Å². The van der Waals surface area contributed by atoms with Gasteiger partial charge in [0.05, 0.1) is 30.7 Å². The number of rotatable bonds is 28. The molecule has 0 atom stereocenters. The van der Waals surface area contributed by atoms with Crippen molar-refractivity contribution in [2.45, 2.75) is 25.7 Å². The lowest BCUT2D eigenvalue weighted by Gasteiger charge is -2.35. The van der Waals surface area contributed by atoms with Gasteiger partial charge in [0, 0.05) is 42.9 Å². The Morgan fingerprint density at radius 3 is 1.02 bits per heavy atom. The zero-order valence-corrected chi connectivity index (χ0v) is 27.5. The van der Waals surface area contributed by atoms with Gasteiger partial charge < -0.3 is 37.9 Å². The fourth-order valence-electron chi connectivity index (χ4n) is 3.49. The molecule has 0 amide bonds. The quantitative estimate of drug-likeness (QED) is 0.0502. The van der Waals surface area contributed by atoms with Crippen molar-refractivity contribution in [2.24, 2.45) is 10.8 Å². The van der Waals surface area contributed by atoms with Gasteiger partial charge in [0.15, 0.2) is 0 Å². The Hall–Kier alpha value is -5.31. The first-order chi connectivity index (χ1) is 23.3. The van der Waals surface area contributed by atoms with Crippen molar-refractivity contribution >= 4 is 41.8 Å². The minimum Gasteiger partial charge on any atom is -0.465 e. The van der Waals surface area contributed by atoms with E-state index in [1.807, 2.05) is 0 Å². The van der Waals surface area contributed by atoms with Crippen LogP contribution >= 0.6 is 0 Å². The lowest BCUT2D eigenvalue weighted by Crippen LogP contribution is -2.47. The normalized spacial score (nSPS) is 10.6. The highest BCUT2D eigenvalue weighted by atomic mass is 16.6. The highest BCUT2D eigenvalue weighted by molar-refractivity contribution is 5.83. The molecule has 49 heavy (non-hydrogen) atoms. The minimum atomic E-state index is -1.52. The Labute approximate surface area is 285 Å². The van der Waals surface area contributed by atoms with Gasteiger partial charge in [-0.05, 0) is 19.3 Å². The predicted octanol–water partition coefficient (Wildman–Crippen LogP) is 2.45. The molecule has 270 valence electrons. The first-order valence-corrected chi connectivity index (χ1v) is 14.8. The topological polar surface area (TPSA) is 193 Å². The molecule has 0 saturated carbocycles. The smallest absolute Gasteiger partial charge is 0.330 e. The first kappa shape index (κ1) is 43.7. The van der Waals surface area contributed by atoms with Crippen LogP contribution in [0, 0.1) is 10.8 Å². The summed E-state index contributed by atoms with van der Waals surface area (Å²) in [5.41, 5.74) is -3.04. The van der Waals surface area contributed by atoms with E-state index >= 15 is 0 Å². The van der Waals surface area contributed by atoms with Gasteiger partial charge >= 0.3 is 41.8 Å². The molecule has 0 heterocycles. The van der Waals surface area contributed by atoms with E-state index in [0.29, 0.717) is 19.3 Å². The summed E-state index contributed by atoms with van der Waals surface area (Å²) in [5.74, 6) is -5.43. The van der Waals surface area contributed by atoms with E-state index in [1.165, 1.54) is 0 Å². The predicted molar refractivity (Wildman–Crippen MR) is 172 cm³/mol. The third-order valence-corrected chi connectivity index (χ3v) is 6.23. The molecule has 0 N–H and O–H groups in total. The molecule has 0 saturated heterocycles. The third-order valence-electron chi connectivity index (χ3n) is 6.23. The van der Waals surface area contributed by atoms with Gasteiger partial charge in [-0.3, -0.25) is 4.79 Å². The molecular formula is C34H44O15. The van der Waals surface area contributed by atoms with Crippen molar-refractivity contribution in [2.75, 3.05) is 59.5 Å². The number of hydrogen-bond acceptors (Lipinski definition) is 15. The first-order valence-electron chi connectivity index (χ1n) is 14.8. The Morgan fingerprint density at radius 1 is 0.388 bits per heavy atom. The molecular weight excluding hydrogens is 648 g/mol. The second-order valence-electron chi connectivity index (χ2n) is 10.4. The fraction of sp³-hybridized carbons (Fsp3) is 0.441. The molecule has 0 aliphatic heterocycles. The molecule has 0 aliphatic carbocycles. The molecule has 0 aromatic carbocycles. The molecule has 0 aromatic rings. The fourth-order valence-corrected chi connectivity index (χ4v) is 3.49. The summed E-state index contributed by atoms with van der Waals surface area (Å²) in [4.78, 5) is 83.7. The highest BCUT2D eigenvalue weighted by Gasteiger charge is 2.40. The molecule has 0 unspecified atom stereocenters. The average Bonchev–Trinajstić information content (AvgIpc) is 3.12. The van der Waals surface area contributed by atoms with Crippen molar-refractivity contribution in [3.8, 4) is 0 Å². The molecule has 0 aliphatic rings. The van der Waals surface area contributed by atoms with E-state index in [-0.39, 0.29) is 13.0 Å². The molecule has 0 bridgehead atoms. The number of carbonyl (C=O) groups is 7. The van der Waals surface area contributed by atoms with Gasteiger partial charge in [-0.25, -0.2) is 28.8 Å². The van der Waals surface area contributed by atoms with E-state index in [4.69, 9.17) is 37.9 Å². The molecule has 15 heteroatoms. The third kappa shape index (κ3) is 19.8. The number of hydrogen-bond donors (Lipinski definition) is 0. The lowest BCUT2D eigenvalue weighted by molar-refractivity contribution is -0.170. The van der Waals surface area contributed by atoms with Crippen molar-refractivity contribution in [1.29, 1.82) is 0 Å². The van der Waals surface area contributed by atoms with Gasteiger partial charge in [-0.15, -0.1) is 0 Å². The van der Waals surface area contributed by atoms with Crippen LogP contribution in [0.3, 0.4) is 0 Å². The van der Waals surface area contributed by atoms with Crippen LogP contribution in [0.25, 0.3) is 0 Å². The Bertz CT molecular complexity index is 1130. The molecule has 0 fully saturated rings. The number of carbonyl (C=O) groups excluding carboxylic acids is 7. The maximum absolute atomic E-state index is 12.7. The second kappa shape index (κ2) is 24.8. The van der Waals surface area contributed by atoms with Crippen LogP contribution in [0.2, 0.25) is 0 Å². The van der Waals surface area contributed by atoms with Crippen LogP contribution in [-0.4, -0.2) is 101 Å². The molecule has 0 rings (SSSR count). The largest absolute Gasteiger partial charge is 0.465 e. The van der Waals surface area contributed by atoms with Crippen LogP contribution in [0.4, 0.5) is 0 Å². The molecule has 0 radical (unpaired) electrons. The van der Waals surface area contributed by atoms with Crippen LogP contribution < -0.4 is 0 Å². The van der Waals surface area contributed by atoms with Gasteiger partial charge in [-0.1, -0.05) is 39.5 Å². The van der Waals surface area contributed by atoms with E-state index in [1.54, 1.807) is 0 Å². The van der Waals surface area contributed by atoms with E-state index < -0.39 is 105 Å². The van der Waals surface area contributed by atoms with Crippen LogP contribution in [0.15, 0.2) is 75.9 Å². The molecule has 0 spiro atoms. The summed E-state index contributed by atoms with van der Waals surface area (Å²) in [6.45, 7) is 16.3.